The van der Waals surface area contributed by atoms with Crippen LogP contribution in [0.4, 0.5) is 4.39 Å². The summed E-state index contributed by atoms with van der Waals surface area (Å²) in [5.74, 6) is -1.06. The van der Waals surface area contributed by atoms with E-state index in [9.17, 15) is 17.6 Å². The van der Waals surface area contributed by atoms with Crippen LogP contribution in [0.25, 0.3) is 0 Å². The zero-order chi connectivity index (χ0) is 16.9. The summed E-state index contributed by atoms with van der Waals surface area (Å²) < 4.78 is 41.3. The summed E-state index contributed by atoms with van der Waals surface area (Å²) in [6, 6.07) is 5.68. The molecule has 23 heavy (non-hydrogen) atoms. The second kappa shape index (κ2) is 7.37. The Kier molecular flexibility index (Phi) is 5.72. The molecule has 1 fully saturated rings. The number of ether oxygens (including phenoxy) is 1. The molecule has 0 aromatic heterocycles. The van der Waals surface area contributed by atoms with E-state index >= 15 is 0 Å². The van der Waals surface area contributed by atoms with Crippen LogP contribution in [0.15, 0.2) is 24.3 Å². The molecule has 0 atom stereocenters. The van der Waals surface area contributed by atoms with Gasteiger partial charge in [-0.3, -0.25) is 9.63 Å². The molecule has 0 saturated carbocycles. The largest absolute Gasteiger partial charge is 0.381 e. The van der Waals surface area contributed by atoms with Crippen molar-refractivity contribution in [3.8, 4) is 0 Å². The summed E-state index contributed by atoms with van der Waals surface area (Å²) in [5.41, 5.74) is 1.98. The molecule has 1 aliphatic heterocycles. The minimum absolute atomic E-state index is 0.0669. The van der Waals surface area contributed by atoms with Crippen LogP contribution in [0.2, 0.25) is 0 Å². The molecule has 2 rings (SSSR count). The van der Waals surface area contributed by atoms with Crippen LogP contribution in [-0.4, -0.2) is 39.5 Å². The number of carbonyl (C=O) groups excluding carboxylic acids is 1. The van der Waals surface area contributed by atoms with Gasteiger partial charge in [-0.25, -0.2) is 18.3 Å². The van der Waals surface area contributed by atoms with Crippen LogP contribution in [-0.2, 0) is 30.8 Å². The number of nitrogens with one attached hydrogen (secondary N) is 1. The summed E-state index contributed by atoms with van der Waals surface area (Å²) >= 11 is 0. The van der Waals surface area contributed by atoms with Gasteiger partial charge in [0.25, 0.3) is 5.91 Å². The zero-order valence-electron chi connectivity index (χ0n) is 12.9. The highest BCUT2D eigenvalue weighted by Gasteiger charge is 2.43. The average molecular weight is 345 g/mol. The fourth-order valence-electron chi connectivity index (χ4n) is 2.57. The van der Waals surface area contributed by atoms with E-state index in [1.165, 1.54) is 12.1 Å². The summed E-state index contributed by atoms with van der Waals surface area (Å²) in [7, 11) is -3.32. The Hall–Kier alpha value is -1.51. The number of rotatable bonds is 6. The Morgan fingerprint density at radius 1 is 1.30 bits per heavy atom. The van der Waals surface area contributed by atoms with Crippen molar-refractivity contribution in [2.45, 2.75) is 19.4 Å². The van der Waals surface area contributed by atoms with Gasteiger partial charge >= 0.3 is 0 Å². The summed E-state index contributed by atoms with van der Waals surface area (Å²) in [6.45, 7) is 0.735. The smallest absolute Gasteiger partial charge is 0.250 e. The van der Waals surface area contributed by atoms with E-state index < -0.39 is 21.2 Å². The number of amides is 1. The Labute approximate surface area is 134 Å². The van der Waals surface area contributed by atoms with Crippen molar-refractivity contribution in [1.82, 2.24) is 5.48 Å². The number of hydrogen-bond donors (Lipinski definition) is 1. The number of benzene rings is 1. The lowest BCUT2D eigenvalue weighted by Crippen LogP contribution is -2.48. The first kappa shape index (κ1) is 17.8. The van der Waals surface area contributed by atoms with Gasteiger partial charge in [0.2, 0.25) is 0 Å². The van der Waals surface area contributed by atoms with Crippen molar-refractivity contribution in [1.29, 1.82) is 0 Å². The van der Waals surface area contributed by atoms with Crippen molar-refractivity contribution < 1.29 is 27.2 Å². The van der Waals surface area contributed by atoms with Gasteiger partial charge in [0, 0.05) is 19.5 Å². The molecule has 8 heteroatoms. The van der Waals surface area contributed by atoms with Gasteiger partial charge in [-0.15, -0.1) is 0 Å². The van der Waals surface area contributed by atoms with Crippen molar-refractivity contribution in [2.75, 3.05) is 25.2 Å². The summed E-state index contributed by atoms with van der Waals surface area (Å²) in [4.78, 5) is 17.6. The third-order valence-corrected chi connectivity index (χ3v) is 4.86. The lowest BCUT2D eigenvalue weighted by molar-refractivity contribution is -0.149. The standard InChI is InChI=1S/C15H20FNO5S/c1-23(19,20)11-15(6-8-21-9-7-15)14(18)17-22-10-12-2-4-13(16)5-3-12/h2-5H,6-11H2,1H3,(H,17,18). The molecule has 0 aliphatic carbocycles. The molecule has 1 aliphatic rings. The van der Waals surface area contributed by atoms with Crippen molar-refractivity contribution >= 4 is 15.7 Å². The van der Waals surface area contributed by atoms with Crippen LogP contribution < -0.4 is 5.48 Å². The van der Waals surface area contributed by atoms with Crippen LogP contribution in [0, 0.1) is 11.2 Å². The van der Waals surface area contributed by atoms with Crippen molar-refractivity contribution in [2.24, 2.45) is 5.41 Å². The summed E-state index contributed by atoms with van der Waals surface area (Å²) in [5, 5.41) is 0. The van der Waals surface area contributed by atoms with Crippen LogP contribution in [0.3, 0.4) is 0 Å². The van der Waals surface area contributed by atoms with E-state index in [4.69, 9.17) is 9.57 Å². The van der Waals surface area contributed by atoms with Crippen molar-refractivity contribution in [3.63, 3.8) is 0 Å². The Morgan fingerprint density at radius 2 is 1.91 bits per heavy atom. The Morgan fingerprint density at radius 3 is 2.48 bits per heavy atom. The van der Waals surface area contributed by atoms with E-state index in [1.54, 1.807) is 12.1 Å². The van der Waals surface area contributed by atoms with Gasteiger partial charge < -0.3 is 4.74 Å². The van der Waals surface area contributed by atoms with Gasteiger partial charge in [0.15, 0.2) is 0 Å². The predicted octanol–water partition coefficient (Wildman–Crippen LogP) is 1.21. The van der Waals surface area contributed by atoms with Crippen molar-refractivity contribution in [3.05, 3.63) is 35.6 Å². The quantitative estimate of drug-likeness (QED) is 0.784. The van der Waals surface area contributed by atoms with Crippen LogP contribution in [0.1, 0.15) is 18.4 Å². The third-order valence-electron chi connectivity index (χ3n) is 3.79. The predicted molar refractivity (Wildman–Crippen MR) is 81.5 cm³/mol. The highest BCUT2D eigenvalue weighted by atomic mass is 32.2. The average Bonchev–Trinajstić information content (AvgIpc) is 2.48. The van der Waals surface area contributed by atoms with Crippen LogP contribution >= 0.6 is 0 Å². The lowest BCUT2D eigenvalue weighted by Gasteiger charge is -2.34. The lowest BCUT2D eigenvalue weighted by atomic mass is 9.81. The van der Waals surface area contributed by atoms with Crippen LogP contribution in [0.5, 0.6) is 0 Å². The maximum atomic E-state index is 12.8. The first-order valence-electron chi connectivity index (χ1n) is 7.23. The van der Waals surface area contributed by atoms with Gasteiger partial charge in [-0.1, -0.05) is 12.1 Å². The molecule has 0 bridgehead atoms. The fourth-order valence-corrected chi connectivity index (χ4v) is 4.00. The van der Waals surface area contributed by atoms with E-state index in [0.29, 0.717) is 31.6 Å². The second-order valence-electron chi connectivity index (χ2n) is 5.81. The topological polar surface area (TPSA) is 81.7 Å². The molecule has 6 nitrogen and oxygen atoms in total. The fraction of sp³-hybridized carbons (Fsp3) is 0.533. The highest BCUT2D eigenvalue weighted by molar-refractivity contribution is 7.90. The maximum Gasteiger partial charge on any atom is 0.250 e. The van der Waals surface area contributed by atoms with E-state index in [2.05, 4.69) is 5.48 Å². The molecule has 0 radical (unpaired) electrons. The Balaban J connectivity index is 1.96. The monoisotopic (exact) mass is 345 g/mol. The summed E-state index contributed by atoms with van der Waals surface area (Å²) in [6.07, 6.45) is 1.76. The van der Waals surface area contributed by atoms with Gasteiger partial charge in [-0.05, 0) is 30.5 Å². The second-order valence-corrected chi connectivity index (χ2v) is 7.95. The third kappa shape index (κ3) is 5.26. The molecule has 1 amide bonds. The molecule has 1 aromatic rings. The number of hydrogen-bond acceptors (Lipinski definition) is 5. The molecular formula is C15H20FNO5S. The highest BCUT2D eigenvalue weighted by Crippen LogP contribution is 2.32. The molecule has 1 saturated heterocycles. The number of hydroxylamine groups is 1. The number of carbonyl (C=O) groups is 1. The molecule has 0 spiro atoms. The number of sulfone groups is 1. The molecule has 1 heterocycles. The first-order valence-corrected chi connectivity index (χ1v) is 9.29. The molecule has 1 aromatic carbocycles. The molecule has 0 unspecified atom stereocenters. The van der Waals surface area contributed by atoms with E-state index in [-0.39, 0.29) is 18.2 Å². The zero-order valence-corrected chi connectivity index (χ0v) is 13.7. The Bertz CT molecular complexity index is 638. The van der Waals surface area contributed by atoms with Gasteiger partial charge in [0.1, 0.15) is 15.7 Å². The van der Waals surface area contributed by atoms with E-state index in [0.717, 1.165) is 6.26 Å². The van der Waals surface area contributed by atoms with E-state index in [1.807, 2.05) is 0 Å². The minimum atomic E-state index is -3.32. The number of halogens is 1. The maximum absolute atomic E-state index is 12.8. The molecule has 1 N–H and O–H groups in total. The first-order chi connectivity index (χ1) is 10.8. The van der Waals surface area contributed by atoms with Gasteiger partial charge in [0.05, 0.1) is 17.8 Å². The minimum Gasteiger partial charge on any atom is -0.381 e. The van der Waals surface area contributed by atoms with Gasteiger partial charge in [-0.2, -0.15) is 0 Å². The molecular weight excluding hydrogens is 325 g/mol. The SMILES string of the molecule is CS(=O)(=O)CC1(C(=O)NOCc2ccc(F)cc2)CCOCC1. The normalized spacial score (nSPS) is 17.7. The molecule has 128 valence electrons.